The smallest absolute Gasteiger partial charge is 0.321 e. The fourth-order valence-corrected chi connectivity index (χ4v) is 2.23. The van der Waals surface area contributed by atoms with Crippen LogP contribution >= 0.6 is 0 Å². The van der Waals surface area contributed by atoms with Crippen LogP contribution in [-0.4, -0.2) is 23.2 Å². The van der Waals surface area contributed by atoms with E-state index in [1.54, 1.807) is 0 Å². The zero-order valence-electron chi connectivity index (χ0n) is 10.5. The van der Waals surface area contributed by atoms with Crippen LogP contribution in [-0.2, 0) is 9.59 Å². The van der Waals surface area contributed by atoms with Crippen molar-refractivity contribution in [3.8, 4) is 0 Å². The maximum Gasteiger partial charge on any atom is 0.321 e. The summed E-state index contributed by atoms with van der Waals surface area (Å²) in [6.45, 7) is 5.73. The van der Waals surface area contributed by atoms with Crippen molar-refractivity contribution in [1.29, 1.82) is 0 Å². The van der Waals surface area contributed by atoms with Gasteiger partial charge in [-0.05, 0) is 31.9 Å². The molecule has 18 heavy (non-hydrogen) atoms. The highest BCUT2D eigenvalue weighted by molar-refractivity contribution is 6.19. The van der Waals surface area contributed by atoms with E-state index < -0.39 is 17.8 Å². The number of carboxylic acid groups (broad SMARTS) is 1. The fourth-order valence-electron chi connectivity index (χ4n) is 2.23. The van der Waals surface area contributed by atoms with Gasteiger partial charge in [0.05, 0.1) is 5.69 Å². The number of hydrogen-bond donors (Lipinski definition) is 1. The third kappa shape index (κ3) is 1.88. The van der Waals surface area contributed by atoms with Crippen molar-refractivity contribution in [1.82, 2.24) is 0 Å². The van der Waals surface area contributed by atoms with Crippen LogP contribution in [0.1, 0.15) is 16.7 Å². The Kier molecular flexibility index (Phi) is 2.90. The van der Waals surface area contributed by atoms with Gasteiger partial charge in [-0.1, -0.05) is 17.7 Å². The van der Waals surface area contributed by atoms with E-state index in [9.17, 15) is 9.59 Å². The molecule has 2 rings (SSSR count). The van der Waals surface area contributed by atoms with E-state index in [1.165, 1.54) is 11.2 Å². The first kappa shape index (κ1) is 12.3. The quantitative estimate of drug-likeness (QED) is 0.806. The van der Waals surface area contributed by atoms with E-state index in [0.717, 1.165) is 16.7 Å². The average Bonchev–Trinajstić information content (AvgIpc) is 2.59. The molecular weight excluding hydrogens is 232 g/mol. The van der Waals surface area contributed by atoms with Crippen LogP contribution in [0.25, 0.3) is 0 Å². The lowest BCUT2D eigenvalue weighted by molar-refractivity contribution is -0.142. The first-order chi connectivity index (χ1) is 8.41. The predicted octanol–water partition coefficient (Wildman–Crippen LogP) is 1.65. The van der Waals surface area contributed by atoms with Crippen LogP contribution in [0.3, 0.4) is 0 Å². The van der Waals surface area contributed by atoms with E-state index >= 15 is 0 Å². The van der Waals surface area contributed by atoms with Crippen molar-refractivity contribution in [3.63, 3.8) is 0 Å². The second-order valence-corrected chi connectivity index (χ2v) is 4.48. The number of aliphatic carboxylic acids is 1. The van der Waals surface area contributed by atoms with Crippen molar-refractivity contribution in [2.24, 2.45) is 11.0 Å². The maximum atomic E-state index is 12.0. The first-order valence-corrected chi connectivity index (χ1v) is 5.60. The largest absolute Gasteiger partial charge is 0.480 e. The summed E-state index contributed by atoms with van der Waals surface area (Å²) >= 11 is 0. The molecule has 1 amide bonds. The van der Waals surface area contributed by atoms with Gasteiger partial charge in [-0.25, -0.2) is 0 Å². The van der Waals surface area contributed by atoms with Gasteiger partial charge in [0.15, 0.2) is 5.92 Å². The molecule has 1 aromatic rings. The molecule has 5 heteroatoms. The molecule has 1 aliphatic rings. The molecule has 0 bridgehead atoms. The Bertz CT molecular complexity index is 540. The minimum absolute atomic E-state index is 0.516. The predicted molar refractivity (Wildman–Crippen MR) is 67.8 cm³/mol. The minimum atomic E-state index is -1.18. The van der Waals surface area contributed by atoms with Gasteiger partial charge in [-0.15, -0.1) is 0 Å². The molecule has 1 N–H and O–H groups in total. The summed E-state index contributed by atoms with van der Waals surface area (Å²) in [5.74, 6) is -2.86. The molecule has 0 saturated heterocycles. The Morgan fingerprint density at radius 1 is 1.28 bits per heavy atom. The van der Waals surface area contributed by atoms with Crippen molar-refractivity contribution < 1.29 is 14.7 Å². The van der Waals surface area contributed by atoms with Crippen LogP contribution in [0.4, 0.5) is 5.69 Å². The van der Waals surface area contributed by atoms with E-state index in [4.69, 9.17) is 5.11 Å². The first-order valence-electron chi connectivity index (χ1n) is 5.60. The van der Waals surface area contributed by atoms with Gasteiger partial charge in [0.25, 0.3) is 5.91 Å². The van der Waals surface area contributed by atoms with E-state index in [-0.39, 0.29) is 0 Å². The van der Waals surface area contributed by atoms with E-state index in [2.05, 4.69) is 5.10 Å². The third-order valence-corrected chi connectivity index (χ3v) is 2.92. The number of nitrogens with zero attached hydrogens (tertiary/aromatic N) is 2. The number of carbonyl (C=O) groups excluding carboxylic acids is 1. The number of aryl methyl sites for hydroxylation is 3. The summed E-state index contributed by atoms with van der Waals surface area (Å²) in [4.78, 5) is 22.8. The average molecular weight is 246 g/mol. The van der Waals surface area contributed by atoms with Gasteiger partial charge in [0, 0.05) is 6.21 Å². The van der Waals surface area contributed by atoms with Crippen molar-refractivity contribution in [2.75, 3.05) is 5.01 Å². The van der Waals surface area contributed by atoms with Crippen LogP contribution < -0.4 is 5.01 Å². The molecule has 0 radical (unpaired) electrons. The molecule has 0 fully saturated rings. The Morgan fingerprint density at radius 3 is 2.28 bits per heavy atom. The van der Waals surface area contributed by atoms with Gasteiger partial charge in [-0.3, -0.25) is 9.59 Å². The summed E-state index contributed by atoms with van der Waals surface area (Å²) < 4.78 is 0. The number of benzene rings is 1. The zero-order chi connectivity index (χ0) is 13.4. The molecule has 5 nitrogen and oxygen atoms in total. The van der Waals surface area contributed by atoms with Crippen LogP contribution in [0.15, 0.2) is 17.2 Å². The van der Waals surface area contributed by atoms with Gasteiger partial charge in [0.1, 0.15) is 0 Å². The number of rotatable bonds is 2. The lowest BCUT2D eigenvalue weighted by Gasteiger charge is -2.18. The van der Waals surface area contributed by atoms with E-state index in [0.29, 0.717) is 5.69 Å². The van der Waals surface area contributed by atoms with Crippen molar-refractivity contribution >= 4 is 23.8 Å². The SMILES string of the molecule is Cc1cc(C)c(N2N=CC(C(=O)O)C2=O)c(C)c1. The van der Waals surface area contributed by atoms with Gasteiger partial charge >= 0.3 is 5.97 Å². The monoisotopic (exact) mass is 246 g/mol. The molecule has 0 saturated carbocycles. The Labute approximate surface area is 105 Å². The van der Waals surface area contributed by atoms with Crippen LogP contribution in [0, 0.1) is 26.7 Å². The molecule has 0 aromatic heterocycles. The Balaban J connectivity index is 2.44. The van der Waals surface area contributed by atoms with Crippen molar-refractivity contribution in [3.05, 3.63) is 28.8 Å². The summed E-state index contributed by atoms with van der Waals surface area (Å²) in [5, 5.41) is 14.0. The standard InChI is InChI=1S/C13H14N2O3/c1-7-4-8(2)11(9(3)5-7)15-12(16)10(6-14-15)13(17)18/h4-6,10H,1-3H3,(H,17,18). The molecule has 1 atom stereocenters. The highest BCUT2D eigenvalue weighted by atomic mass is 16.4. The molecule has 0 spiro atoms. The molecule has 1 aromatic carbocycles. The number of anilines is 1. The second-order valence-electron chi connectivity index (χ2n) is 4.48. The zero-order valence-corrected chi connectivity index (χ0v) is 10.5. The number of amides is 1. The maximum absolute atomic E-state index is 12.0. The number of carboxylic acids is 1. The van der Waals surface area contributed by atoms with Gasteiger partial charge < -0.3 is 5.11 Å². The lowest BCUT2D eigenvalue weighted by Crippen LogP contribution is -2.31. The topological polar surface area (TPSA) is 70.0 Å². The molecule has 1 unspecified atom stereocenters. The highest BCUT2D eigenvalue weighted by Gasteiger charge is 2.36. The molecule has 0 aliphatic carbocycles. The van der Waals surface area contributed by atoms with E-state index in [1.807, 2.05) is 32.9 Å². The summed E-state index contributed by atoms with van der Waals surface area (Å²) in [6, 6.07) is 3.89. The second kappa shape index (κ2) is 4.25. The number of hydrogen-bond acceptors (Lipinski definition) is 3. The normalized spacial score (nSPS) is 18.5. The Hall–Kier alpha value is -2.17. The summed E-state index contributed by atoms with van der Waals surface area (Å²) in [6.07, 6.45) is 1.17. The summed E-state index contributed by atoms with van der Waals surface area (Å²) in [7, 11) is 0. The van der Waals surface area contributed by atoms with Gasteiger partial charge in [0.2, 0.25) is 0 Å². The highest BCUT2D eigenvalue weighted by Crippen LogP contribution is 2.29. The number of carbonyl (C=O) groups is 2. The lowest BCUT2D eigenvalue weighted by atomic mass is 10.0. The van der Waals surface area contributed by atoms with Crippen LogP contribution in [0.2, 0.25) is 0 Å². The molecule has 1 aliphatic heterocycles. The van der Waals surface area contributed by atoms with Gasteiger partial charge in [-0.2, -0.15) is 10.1 Å². The van der Waals surface area contributed by atoms with Crippen LogP contribution in [0.5, 0.6) is 0 Å². The summed E-state index contributed by atoms with van der Waals surface area (Å²) in [5.41, 5.74) is 3.58. The minimum Gasteiger partial charge on any atom is -0.480 e. The molecule has 1 heterocycles. The van der Waals surface area contributed by atoms with Crippen molar-refractivity contribution in [2.45, 2.75) is 20.8 Å². The molecular formula is C13H14N2O3. The Morgan fingerprint density at radius 2 is 1.83 bits per heavy atom. The fraction of sp³-hybridized carbons (Fsp3) is 0.308. The molecule has 94 valence electrons. The number of hydrazone groups is 1. The third-order valence-electron chi connectivity index (χ3n) is 2.92.